The van der Waals surface area contributed by atoms with Crippen LogP contribution in [0.25, 0.3) is 5.65 Å². The summed E-state index contributed by atoms with van der Waals surface area (Å²) < 4.78 is 39.8. The Kier molecular flexibility index (Phi) is 3.59. The molecule has 0 bridgehead atoms. The van der Waals surface area contributed by atoms with Gasteiger partial charge in [0.25, 0.3) is 0 Å². The van der Waals surface area contributed by atoms with Crippen LogP contribution in [0.3, 0.4) is 0 Å². The highest BCUT2D eigenvalue weighted by Crippen LogP contribution is 2.27. The summed E-state index contributed by atoms with van der Waals surface area (Å²) in [5, 5.41) is 4.29. The molecule has 0 saturated carbocycles. The van der Waals surface area contributed by atoms with Gasteiger partial charge in [-0.05, 0) is 18.6 Å². The Bertz CT molecular complexity index is 930. The molecule has 0 aromatic carbocycles. The van der Waals surface area contributed by atoms with Gasteiger partial charge in [0, 0.05) is 12.3 Å². The second-order valence-corrected chi connectivity index (χ2v) is 5.20. The SMILES string of the molecule is Cc1nc(Cl)cc2nn(Cc3ccc(C(F)(F)F)nc3)c(=O)n12. The molecule has 0 amide bonds. The number of hydrogen-bond donors (Lipinski definition) is 0. The van der Waals surface area contributed by atoms with E-state index in [0.717, 1.165) is 16.9 Å². The first kappa shape index (κ1) is 15.5. The molecule has 3 rings (SSSR count). The predicted molar refractivity (Wildman–Crippen MR) is 75.3 cm³/mol. The van der Waals surface area contributed by atoms with E-state index in [2.05, 4.69) is 15.1 Å². The van der Waals surface area contributed by atoms with E-state index in [1.165, 1.54) is 16.5 Å². The molecule has 3 heterocycles. The number of fused-ring (bicyclic) bond motifs is 1. The number of aromatic nitrogens is 5. The molecule has 6 nitrogen and oxygen atoms in total. The molecule has 0 fully saturated rings. The van der Waals surface area contributed by atoms with Gasteiger partial charge in [-0.15, -0.1) is 5.10 Å². The number of nitrogens with zero attached hydrogens (tertiary/aromatic N) is 5. The lowest BCUT2D eigenvalue weighted by atomic mass is 10.2. The monoisotopic (exact) mass is 343 g/mol. The van der Waals surface area contributed by atoms with Gasteiger partial charge >= 0.3 is 11.9 Å². The van der Waals surface area contributed by atoms with E-state index in [4.69, 9.17) is 11.6 Å². The van der Waals surface area contributed by atoms with Crippen LogP contribution in [0.4, 0.5) is 13.2 Å². The maximum atomic E-state index is 12.5. The predicted octanol–water partition coefficient (Wildman–Crippen LogP) is 2.31. The molecule has 0 N–H and O–H groups in total. The van der Waals surface area contributed by atoms with E-state index in [9.17, 15) is 18.0 Å². The smallest absolute Gasteiger partial charge is 0.251 e. The van der Waals surface area contributed by atoms with Crippen molar-refractivity contribution in [1.82, 2.24) is 24.1 Å². The Labute approximate surface area is 132 Å². The van der Waals surface area contributed by atoms with Crippen LogP contribution in [0.1, 0.15) is 17.1 Å². The summed E-state index contributed by atoms with van der Waals surface area (Å²) in [6.07, 6.45) is -3.44. The van der Waals surface area contributed by atoms with Gasteiger partial charge in [-0.3, -0.25) is 4.98 Å². The Hall–Kier alpha value is -2.42. The van der Waals surface area contributed by atoms with Crippen LogP contribution < -0.4 is 5.69 Å². The summed E-state index contributed by atoms with van der Waals surface area (Å²) in [6, 6.07) is 3.54. The average Bonchev–Trinajstić information content (AvgIpc) is 2.74. The van der Waals surface area contributed by atoms with E-state index in [1.54, 1.807) is 6.92 Å². The summed E-state index contributed by atoms with van der Waals surface area (Å²) in [4.78, 5) is 19.6. The Morgan fingerprint density at radius 1 is 1.30 bits per heavy atom. The largest absolute Gasteiger partial charge is 0.433 e. The van der Waals surface area contributed by atoms with Gasteiger partial charge < -0.3 is 0 Å². The number of hydrogen-bond acceptors (Lipinski definition) is 4. The Balaban J connectivity index is 1.97. The van der Waals surface area contributed by atoms with Gasteiger partial charge in [-0.2, -0.15) is 13.2 Å². The van der Waals surface area contributed by atoms with Crippen molar-refractivity contribution in [2.45, 2.75) is 19.6 Å². The highest BCUT2D eigenvalue weighted by atomic mass is 35.5. The summed E-state index contributed by atoms with van der Waals surface area (Å²) >= 11 is 5.81. The topological polar surface area (TPSA) is 65.1 Å². The lowest BCUT2D eigenvalue weighted by Crippen LogP contribution is -2.23. The van der Waals surface area contributed by atoms with E-state index in [-0.39, 0.29) is 11.7 Å². The maximum Gasteiger partial charge on any atom is 0.433 e. The first-order valence-electron chi connectivity index (χ1n) is 6.40. The Morgan fingerprint density at radius 3 is 2.65 bits per heavy atom. The molecule has 0 unspecified atom stereocenters. The third-order valence-corrected chi connectivity index (χ3v) is 3.35. The van der Waals surface area contributed by atoms with Crippen LogP contribution in [-0.4, -0.2) is 24.1 Å². The van der Waals surface area contributed by atoms with Crippen molar-refractivity contribution in [3.8, 4) is 0 Å². The molecule has 0 aliphatic rings. The molecule has 3 aromatic rings. The fourth-order valence-electron chi connectivity index (χ4n) is 2.13. The van der Waals surface area contributed by atoms with Gasteiger partial charge in [0.2, 0.25) is 0 Å². The fraction of sp³-hybridized carbons (Fsp3) is 0.231. The molecule has 23 heavy (non-hydrogen) atoms. The molecule has 10 heteroatoms. The standard InChI is InChI=1S/C13H9ClF3N5O/c1-7-19-10(14)4-11-20-21(12(23)22(7)11)6-8-2-3-9(18-5-8)13(15,16)17/h2-5H,6H2,1H3. The van der Waals surface area contributed by atoms with Crippen molar-refractivity contribution >= 4 is 17.2 Å². The highest BCUT2D eigenvalue weighted by Gasteiger charge is 2.32. The van der Waals surface area contributed by atoms with Crippen molar-refractivity contribution in [2.24, 2.45) is 0 Å². The van der Waals surface area contributed by atoms with E-state index >= 15 is 0 Å². The molecular weight excluding hydrogens is 335 g/mol. The van der Waals surface area contributed by atoms with Crippen LogP contribution in [0.15, 0.2) is 29.2 Å². The molecule has 0 radical (unpaired) electrons. The number of alkyl halides is 3. The first-order valence-corrected chi connectivity index (χ1v) is 6.78. The minimum absolute atomic E-state index is 0.0112. The molecular formula is C13H9ClF3N5O. The van der Waals surface area contributed by atoms with Gasteiger partial charge in [-0.1, -0.05) is 17.7 Å². The summed E-state index contributed by atoms with van der Waals surface area (Å²) in [5.41, 5.74) is -0.718. The third-order valence-electron chi connectivity index (χ3n) is 3.15. The molecule has 3 aromatic heterocycles. The van der Waals surface area contributed by atoms with Crippen molar-refractivity contribution < 1.29 is 13.2 Å². The van der Waals surface area contributed by atoms with E-state index in [1.807, 2.05) is 0 Å². The quantitative estimate of drug-likeness (QED) is 0.670. The maximum absolute atomic E-state index is 12.5. The minimum Gasteiger partial charge on any atom is -0.251 e. The van der Waals surface area contributed by atoms with Crippen molar-refractivity contribution in [3.63, 3.8) is 0 Å². The van der Waals surface area contributed by atoms with Crippen LogP contribution in [0, 0.1) is 6.92 Å². The Morgan fingerprint density at radius 2 is 2.04 bits per heavy atom. The van der Waals surface area contributed by atoms with Gasteiger partial charge in [0.1, 0.15) is 16.7 Å². The zero-order chi connectivity index (χ0) is 16.8. The number of pyridine rings is 1. The molecule has 0 aliphatic heterocycles. The zero-order valence-corrected chi connectivity index (χ0v) is 12.4. The summed E-state index contributed by atoms with van der Waals surface area (Å²) in [5.74, 6) is 0.370. The molecule has 0 saturated heterocycles. The van der Waals surface area contributed by atoms with Crippen molar-refractivity contribution in [2.75, 3.05) is 0 Å². The van der Waals surface area contributed by atoms with Crippen LogP contribution in [0.5, 0.6) is 0 Å². The van der Waals surface area contributed by atoms with Crippen molar-refractivity contribution in [1.29, 1.82) is 0 Å². The number of aryl methyl sites for hydroxylation is 1. The van der Waals surface area contributed by atoms with Crippen LogP contribution in [0.2, 0.25) is 5.15 Å². The lowest BCUT2D eigenvalue weighted by molar-refractivity contribution is -0.141. The first-order chi connectivity index (χ1) is 10.8. The zero-order valence-electron chi connectivity index (χ0n) is 11.7. The lowest BCUT2D eigenvalue weighted by Gasteiger charge is -2.06. The average molecular weight is 344 g/mol. The molecule has 0 spiro atoms. The third kappa shape index (κ3) is 2.91. The highest BCUT2D eigenvalue weighted by molar-refractivity contribution is 6.29. The number of rotatable bonds is 2. The van der Waals surface area contributed by atoms with Crippen molar-refractivity contribution in [3.05, 3.63) is 57.1 Å². The number of halogens is 4. The van der Waals surface area contributed by atoms with Crippen LogP contribution >= 0.6 is 11.6 Å². The van der Waals surface area contributed by atoms with Gasteiger partial charge in [-0.25, -0.2) is 18.9 Å². The summed E-state index contributed by atoms with van der Waals surface area (Å²) in [6.45, 7) is 1.59. The van der Waals surface area contributed by atoms with Crippen LogP contribution in [-0.2, 0) is 12.7 Å². The molecule has 120 valence electrons. The second-order valence-electron chi connectivity index (χ2n) is 4.81. The van der Waals surface area contributed by atoms with Gasteiger partial charge in [0.15, 0.2) is 5.65 Å². The molecule has 0 atom stereocenters. The molecule has 0 aliphatic carbocycles. The summed E-state index contributed by atoms with van der Waals surface area (Å²) in [7, 11) is 0. The fourth-order valence-corrected chi connectivity index (χ4v) is 2.35. The minimum atomic E-state index is -4.50. The van der Waals surface area contributed by atoms with Gasteiger partial charge in [0.05, 0.1) is 6.54 Å². The van der Waals surface area contributed by atoms with E-state index < -0.39 is 17.6 Å². The normalized spacial score (nSPS) is 12.0. The second kappa shape index (κ2) is 5.34. The van der Waals surface area contributed by atoms with E-state index in [0.29, 0.717) is 17.0 Å².